The number of rotatable bonds is 8. The average molecular weight is 291 g/mol. The molecule has 0 aliphatic carbocycles. The Labute approximate surface area is 124 Å². The van der Waals surface area contributed by atoms with E-state index in [-0.39, 0.29) is 12.6 Å². The number of furan rings is 1. The molecule has 0 fully saturated rings. The van der Waals surface area contributed by atoms with Crippen LogP contribution in [0.25, 0.3) is 0 Å². The van der Waals surface area contributed by atoms with E-state index in [1.807, 2.05) is 31.2 Å². The van der Waals surface area contributed by atoms with E-state index in [0.717, 1.165) is 17.1 Å². The van der Waals surface area contributed by atoms with Crippen molar-refractivity contribution < 1.29 is 19.0 Å². The molecule has 1 atom stereocenters. The molecule has 0 saturated heterocycles. The quantitative estimate of drug-likeness (QED) is 0.782. The third-order valence-electron chi connectivity index (χ3n) is 3.15. The highest BCUT2D eigenvalue weighted by molar-refractivity contribution is 5.42. The Morgan fingerprint density at radius 2 is 2.14 bits per heavy atom. The van der Waals surface area contributed by atoms with Gasteiger partial charge in [0.05, 0.1) is 32.6 Å². The molecule has 1 aromatic carbocycles. The number of methoxy groups -OCH3 is 1. The second kappa shape index (κ2) is 7.71. The standard InChI is InChI=1S/C16H21NO4/c1-3-20-15-7-6-12(9-16(15)19-2)10-17-13(11-18)14-5-4-8-21-14/h4-9,13,17-18H,3,10-11H2,1-2H3. The molecular formula is C16H21NO4. The molecule has 2 aromatic rings. The summed E-state index contributed by atoms with van der Waals surface area (Å²) in [4.78, 5) is 0. The number of aliphatic hydroxyl groups is 1. The van der Waals surface area contributed by atoms with E-state index < -0.39 is 0 Å². The highest BCUT2D eigenvalue weighted by atomic mass is 16.5. The summed E-state index contributed by atoms with van der Waals surface area (Å²) in [5.41, 5.74) is 1.04. The second-order valence-electron chi connectivity index (χ2n) is 4.55. The van der Waals surface area contributed by atoms with Crippen LogP contribution < -0.4 is 14.8 Å². The molecule has 5 heteroatoms. The molecule has 0 saturated carbocycles. The molecule has 0 bridgehead atoms. The lowest BCUT2D eigenvalue weighted by atomic mass is 10.1. The van der Waals surface area contributed by atoms with Gasteiger partial charge in [-0.1, -0.05) is 6.07 Å². The smallest absolute Gasteiger partial charge is 0.161 e. The molecule has 2 rings (SSSR count). The zero-order valence-corrected chi connectivity index (χ0v) is 12.3. The van der Waals surface area contributed by atoms with Crippen molar-refractivity contribution in [1.29, 1.82) is 0 Å². The second-order valence-corrected chi connectivity index (χ2v) is 4.55. The van der Waals surface area contributed by atoms with E-state index in [9.17, 15) is 5.11 Å². The van der Waals surface area contributed by atoms with Gasteiger partial charge in [-0.3, -0.25) is 0 Å². The minimum absolute atomic E-state index is 0.0261. The van der Waals surface area contributed by atoms with Crippen LogP contribution in [0.15, 0.2) is 41.0 Å². The van der Waals surface area contributed by atoms with Crippen molar-refractivity contribution in [1.82, 2.24) is 5.32 Å². The molecule has 21 heavy (non-hydrogen) atoms. The number of hydrogen-bond acceptors (Lipinski definition) is 5. The molecule has 1 unspecified atom stereocenters. The van der Waals surface area contributed by atoms with Gasteiger partial charge in [-0.15, -0.1) is 0 Å². The lowest BCUT2D eigenvalue weighted by molar-refractivity contribution is 0.225. The van der Waals surface area contributed by atoms with Crippen molar-refractivity contribution in [3.05, 3.63) is 47.9 Å². The van der Waals surface area contributed by atoms with E-state index in [1.54, 1.807) is 19.4 Å². The summed E-state index contributed by atoms with van der Waals surface area (Å²) in [6.45, 7) is 3.10. The summed E-state index contributed by atoms with van der Waals surface area (Å²) in [7, 11) is 1.62. The molecule has 0 amide bonds. The molecule has 0 aliphatic rings. The molecule has 1 aromatic heterocycles. The summed E-state index contributed by atoms with van der Waals surface area (Å²) in [6.07, 6.45) is 1.60. The van der Waals surface area contributed by atoms with Gasteiger partial charge in [-0.25, -0.2) is 0 Å². The normalized spacial score (nSPS) is 12.1. The highest BCUT2D eigenvalue weighted by Gasteiger charge is 2.13. The maximum absolute atomic E-state index is 9.42. The minimum atomic E-state index is -0.224. The lowest BCUT2D eigenvalue weighted by Crippen LogP contribution is -2.23. The van der Waals surface area contributed by atoms with Gasteiger partial charge in [0.1, 0.15) is 5.76 Å². The third-order valence-corrected chi connectivity index (χ3v) is 3.15. The van der Waals surface area contributed by atoms with Crippen LogP contribution in [0.2, 0.25) is 0 Å². The number of benzene rings is 1. The Morgan fingerprint density at radius 1 is 1.29 bits per heavy atom. The van der Waals surface area contributed by atoms with Gasteiger partial charge in [0.2, 0.25) is 0 Å². The van der Waals surface area contributed by atoms with Crippen LogP contribution >= 0.6 is 0 Å². The van der Waals surface area contributed by atoms with E-state index in [4.69, 9.17) is 13.9 Å². The highest BCUT2D eigenvalue weighted by Crippen LogP contribution is 2.28. The van der Waals surface area contributed by atoms with Crippen LogP contribution in [0.4, 0.5) is 0 Å². The van der Waals surface area contributed by atoms with Crippen LogP contribution in [0.1, 0.15) is 24.3 Å². The van der Waals surface area contributed by atoms with E-state index >= 15 is 0 Å². The van der Waals surface area contributed by atoms with Crippen molar-refractivity contribution in [2.24, 2.45) is 0 Å². The van der Waals surface area contributed by atoms with Crippen LogP contribution in [0.5, 0.6) is 11.5 Å². The fraction of sp³-hybridized carbons (Fsp3) is 0.375. The molecule has 1 heterocycles. The summed E-state index contributed by atoms with van der Waals surface area (Å²) in [6, 6.07) is 9.20. The average Bonchev–Trinajstić information content (AvgIpc) is 3.03. The number of ether oxygens (including phenoxy) is 2. The molecule has 0 aliphatic heterocycles. The fourth-order valence-corrected chi connectivity index (χ4v) is 2.08. The van der Waals surface area contributed by atoms with Crippen LogP contribution in [0.3, 0.4) is 0 Å². The monoisotopic (exact) mass is 291 g/mol. The molecule has 114 valence electrons. The summed E-state index contributed by atoms with van der Waals surface area (Å²) >= 11 is 0. The SMILES string of the molecule is CCOc1ccc(CNC(CO)c2ccco2)cc1OC. The Bertz CT molecular complexity index is 539. The van der Waals surface area contributed by atoms with Gasteiger partial charge < -0.3 is 24.3 Å². The third kappa shape index (κ3) is 4.00. The Hall–Kier alpha value is -1.98. The van der Waals surface area contributed by atoms with Crippen molar-refractivity contribution in [2.45, 2.75) is 19.5 Å². The first-order valence-electron chi connectivity index (χ1n) is 6.95. The molecule has 5 nitrogen and oxygen atoms in total. The van der Waals surface area contributed by atoms with Gasteiger partial charge in [0, 0.05) is 6.54 Å². The van der Waals surface area contributed by atoms with E-state index in [0.29, 0.717) is 18.9 Å². The number of hydrogen-bond donors (Lipinski definition) is 2. The van der Waals surface area contributed by atoms with Gasteiger partial charge >= 0.3 is 0 Å². The Kier molecular flexibility index (Phi) is 5.66. The summed E-state index contributed by atoms with van der Waals surface area (Å²) in [5.74, 6) is 2.15. The van der Waals surface area contributed by atoms with Crippen molar-refractivity contribution in [3.63, 3.8) is 0 Å². The fourth-order valence-electron chi connectivity index (χ4n) is 2.08. The first-order valence-corrected chi connectivity index (χ1v) is 6.95. The van der Waals surface area contributed by atoms with Crippen LogP contribution in [-0.2, 0) is 6.54 Å². The van der Waals surface area contributed by atoms with E-state index in [1.165, 1.54) is 0 Å². The zero-order chi connectivity index (χ0) is 15.1. The topological polar surface area (TPSA) is 63.9 Å². The lowest BCUT2D eigenvalue weighted by Gasteiger charge is -2.15. The molecular weight excluding hydrogens is 270 g/mol. The van der Waals surface area contributed by atoms with Crippen molar-refractivity contribution >= 4 is 0 Å². The molecule has 2 N–H and O–H groups in total. The zero-order valence-electron chi connectivity index (χ0n) is 12.3. The van der Waals surface area contributed by atoms with Gasteiger partial charge in [0.25, 0.3) is 0 Å². The molecule has 0 radical (unpaired) electrons. The van der Waals surface area contributed by atoms with Gasteiger partial charge in [-0.2, -0.15) is 0 Å². The number of aliphatic hydroxyl groups excluding tert-OH is 1. The first-order chi connectivity index (χ1) is 10.3. The summed E-state index contributed by atoms with van der Waals surface area (Å²) < 4.78 is 16.1. The largest absolute Gasteiger partial charge is 0.493 e. The van der Waals surface area contributed by atoms with Crippen LogP contribution in [0, 0.1) is 0 Å². The predicted octanol–water partition coefficient (Wildman–Crippen LogP) is 2.51. The first kappa shape index (κ1) is 15.4. The maximum Gasteiger partial charge on any atom is 0.161 e. The molecule has 0 spiro atoms. The van der Waals surface area contributed by atoms with E-state index in [2.05, 4.69) is 5.32 Å². The van der Waals surface area contributed by atoms with Gasteiger partial charge in [0.15, 0.2) is 11.5 Å². The van der Waals surface area contributed by atoms with Gasteiger partial charge in [-0.05, 0) is 36.8 Å². The Balaban J connectivity index is 2.02. The van der Waals surface area contributed by atoms with Crippen molar-refractivity contribution in [3.8, 4) is 11.5 Å². The Morgan fingerprint density at radius 3 is 2.76 bits per heavy atom. The minimum Gasteiger partial charge on any atom is -0.493 e. The predicted molar refractivity (Wildman–Crippen MR) is 79.5 cm³/mol. The maximum atomic E-state index is 9.42. The summed E-state index contributed by atoms with van der Waals surface area (Å²) in [5, 5.41) is 12.7. The number of nitrogens with one attached hydrogen (secondary N) is 1. The van der Waals surface area contributed by atoms with Crippen molar-refractivity contribution in [2.75, 3.05) is 20.3 Å². The van der Waals surface area contributed by atoms with Crippen LogP contribution in [-0.4, -0.2) is 25.4 Å².